The Bertz CT molecular complexity index is 1450. The van der Waals surface area contributed by atoms with Crippen LogP contribution in [0.5, 0.6) is 0 Å². The minimum Gasteiger partial charge on any atom is -0.480 e. The van der Waals surface area contributed by atoms with Crippen LogP contribution in [-0.4, -0.2) is 96.0 Å². The van der Waals surface area contributed by atoms with Gasteiger partial charge in [-0.1, -0.05) is 94.3 Å². The first-order valence-electron chi connectivity index (χ1n) is 19.0. The molecule has 1 aliphatic rings. The van der Waals surface area contributed by atoms with Crippen molar-refractivity contribution in [1.29, 1.82) is 0 Å². The van der Waals surface area contributed by atoms with Gasteiger partial charge in [0.15, 0.2) is 0 Å². The number of rotatable bonds is 22. The van der Waals surface area contributed by atoms with Gasteiger partial charge in [0.1, 0.15) is 23.7 Å². The highest BCUT2D eigenvalue weighted by Crippen LogP contribution is 2.22. The van der Waals surface area contributed by atoms with Gasteiger partial charge in [0.2, 0.25) is 23.6 Å². The van der Waals surface area contributed by atoms with Crippen molar-refractivity contribution in [3.63, 3.8) is 0 Å². The minimum atomic E-state index is -1.40. The Morgan fingerprint density at radius 1 is 0.792 bits per heavy atom. The zero-order valence-electron chi connectivity index (χ0n) is 31.7. The molecule has 0 aliphatic carbocycles. The molecule has 4 amide bonds. The number of carboxylic acid groups (broad SMARTS) is 1. The van der Waals surface area contributed by atoms with Crippen molar-refractivity contribution in [2.24, 2.45) is 17.4 Å². The van der Waals surface area contributed by atoms with Crippen molar-refractivity contribution in [2.45, 2.75) is 108 Å². The van der Waals surface area contributed by atoms with E-state index in [1.807, 2.05) is 74.5 Å². The van der Waals surface area contributed by atoms with E-state index in [9.17, 15) is 29.1 Å². The number of carbonyl (C=O) groups is 5. The van der Waals surface area contributed by atoms with Crippen LogP contribution in [0.4, 0.5) is 0 Å². The summed E-state index contributed by atoms with van der Waals surface area (Å²) in [6.45, 7) is 7.37. The molecule has 0 unspecified atom stereocenters. The maximum atomic E-state index is 13.9. The summed E-state index contributed by atoms with van der Waals surface area (Å²) in [5, 5.41) is 21.4. The van der Waals surface area contributed by atoms with E-state index in [1.165, 1.54) is 0 Å². The molecule has 0 spiro atoms. The van der Waals surface area contributed by atoms with Crippen LogP contribution in [0.15, 0.2) is 60.7 Å². The monoisotopic (exact) mass is 735 g/mol. The zero-order valence-corrected chi connectivity index (χ0v) is 31.7. The Hall–Kier alpha value is -4.33. The summed E-state index contributed by atoms with van der Waals surface area (Å²) in [6, 6.07) is 16.9. The van der Waals surface area contributed by atoms with Crippen LogP contribution in [0.3, 0.4) is 0 Å². The molecular formula is C40H61N7O6. The van der Waals surface area contributed by atoms with E-state index in [0.29, 0.717) is 45.2 Å². The lowest BCUT2D eigenvalue weighted by molar-refractivity contribution is -0.148. The summed E-state index contributed by atoms with van der Waals surface area (Å²) in [6.07, 6.45) is 3.91. The second-order valence-corrected chi connectivity index (χ2v) is 14.8. The van der Waals surface area contributed by atoms with Gasteiger partial charge in [-0.2, -0.15) is 0 Å². The quantitative estimate of drug-likeness (QED) is 0.0885. The van der Waals surface area contributed by atoms with Crippen LogP contribution >= 0.6 is 0 Å². The molecule has 1 aliphatic heterocycles. The Kier molecular flexibility index (Phi) is 17.9. The molecule has 1 fully saturated rings. The fourth-order valence-electron chi connectivity index (χ4n) is 6.51. The summed E-state index contributed by atoms with van der Waals surface area (Å²) in [5.74, 6) is -2.52. The molecular weight excluding hydrogens is 674 g/mol. The van der Waals surface area contributed by atoms with Gasteiger partial charge in [0.05, 0.1) is 6.54 Å². The predicted molar refractivity (Wildman–Crippen MR) is 206 cm³/mol. The number of nitrogens with two attached hydrogens (primary N) is 2. The summed E-state index contributed by atoms with van der Waals surface area (Å²) < 4.78 is 0. The molecule has 13 heteroatoms. The number of hydrogen-bond donors (Lipinski definition) is 7. The Morgan fingerprint density at radius 2 is 1.40 bits per heavy atom. The summed E-state index contributed by atoms with van der Waals surface area (Å²) in [7, 11) is 0. The van der Waals surface area contributed by atoms with Gasteiger partial charge in [-0.3, -0.25) is 24.0 Å². The topological polar surface area (TPSA) is 209 Å². The third kappa shape index (κ3) is 14.5. The van der Waals surface area contributed by atoms with Crippen molar-refractivity contribution >= 4 is 29.6 Å². The molecule has 3 rings (SSSR count). The van der Waals surface area contributed by atoms with Crippen LogP contribution in [0.1, 0.15) is 89.2 Å². The first-order valence-corrected chi connectivity index (χ1v) is 19.0. The molecule has 1 saturated heterocycles. The lowest BCUT2D eigenvalue weighted by Crippen LogP contribution is -2.60. The van der Waals surface area contributed by atoms with Crippen LogP contribution in [0.25, 0.3) is 0 Å². The average molecular weight is 736 g/mol. The normalized spacial score (nSPS) is 16.2. The minimum absolute atomic E-state index is 0.0182. The fraction of sp³-hybridized carbons (Fsp3) is 0.575. The number of nitrogens with one attached hydrogen (secondary N) is 4. The SMILES string of the molecule is CC(C)C[C@@H](NC(=O)[C@@H](CCc1ccccc1)NC(=O)CNC[C@@H](C)c1ccccc1)C(=O)N[C@H](CCCCCN)C(=O)N1CCC(N)(C(=O)O)CC1. The van der Waals surface area contributed by atoms with Crippen molar-refractivity contribution in [2.75, 3.05) is 32.7 Å². The number of likely N-dealkylation sites (tertiary alicyclic amines) is 1. The average Bonchev–Trinajstić information content (AvgIpc) is 3.14. The molecule has 1 heterocycles. The molecule has 9 N–H and O–H groups in total. The molecule has 2 aromatic carbocycles. The van der Waals surface area contributed by atoms with Gasteiger partial charge >= 0.3 is 5.97 Å². The number of carboxylic acids is 1. The highest BCUT2D eigenvalue weighted by atomic mass is 16.4. The number of amides is 4. The van der Waals surface area contributed by atoms with E-state index in [-0.39, 0.29) is 56.1 Å². The highest BCUT2D eigenvalue weighted by Gasteiger charge is 2.40. The van der Waals surface area contributed by atoms with Gasteiger partial charge in [0, 0.05) is 19.6 Å². The van der Waals surface area contributed by atoms with Crippen LogP contribution in [0.2, 0.25) is 0 Å². The summed E-state index contributed by atoms with van der Waals surface area (Å²) in [4.78, 5) is 68.0. The second-order valence-electron chi connectivity index (χ2n) is 14.8. The van der Waals surface area contributed by atoms with E-state index in [1.54, 1.807) is 4.90 Å². The van der Waals surface area contributed by atoms with Crippen LogP contribution in [0, 0.1) is 5.92 Å². The summed E-state index contributed by atoms with van der Waals surface area (Å²) in [5.41, 5.74) is 12.5. The van der Waals surface area contributed by atoms with Gasteiger partial charge in [-0.15, -0.1) is 0 Å². The van der Waals surface area contributed by atoms with E-state index < -0.39 is 41.4 Å². The summed E-state index contributed by atoms with van der Waals surface area (Å²) >= 11 is 0. The highest BCUT2D eigenvalue weighted by molar-refractivity contribution is 5.94. The molecule has 0 aromatic heterocycles. The van der Waals surface area contributed by atoms with E-state index in [2.05, 4.69) is 28.2 Å². The standard InChI is InChI=1S/C40H61N7O6/c1-28(2)25-34(37(50)45-33(17-11-6-12-22-41)38(51)47-23-20-40(42,21-24-47)39(52)53)46-36(49)32(19-18-30-13-7-4-8-14-30)44-35(48)27-43-26-29(3)31-15-9-5-10-16-31/h4-5,7-10,13-16,28-29,32-34,43H,6,11-12,17-27,41-42H2,1-3H3,(H,44,48)(H,45,50)(H,46,49)(H,52,53)/t29-,32-,33-,34-/m1/s1. The van der Waals surface area contributed by atoms with Gasteiger partial charge < -0.3 is 42.7 Å². The van der Waals surface area contributed by atoms with E-state index >= 15 is 0 Å². The maximum absolute atomic E-state index is 13.9. The number of nitrogens with zero attached hydrogens (tertiary/aromatic N) is 1. The molecule has 13 nitrogen and oxygen atoms in total. The Morgan fingerprint density at radius 3 is 2.00 bits per heavy atom. The number of aliphatic carboxylic acids is 1. The molecule has 0 bridgehead atoms. The lowest BCUT2D eigenvalue weighted by atomic mass is 9.88. The van der Waals surface area contributed by atoms with Crippen molar-refractivity contribution in [3.8, 4) is 0 Å². The Labute approximate surface area is 314 Å². The number of benzene rings is 2. The Balaban J connectivity index is 1.71. The number of piperidine rings is 1. The van der Waals surface area contributed by atoms with E-state index in [4.69, 9.17) is 11.5 Å². The van der Waals surface area contributed by atoms with Gasteiger partial charge in [-0.25, -0.2) is 0 Å². The molecule has 292 valence electrons. The van der Waals surface area contributed by atoms with Crippen molar-refractivity contribution in [3.05, 3.63) is 71.8 Å². The number of aryl methyl sites for hydroxylation is 1. The largest absolute Gasteiger partial charge is 0.480 e. The van der Waals surface area contributed by atoms with Crippen LogP contribution < -0.4 is 32.7 Å². The zero-order chi connectivity index (χ0) is 38.8. The molecule has 0 radical (unpaired) electrons. The smallest absolute Gasteiger partial charge is 0.323 e. The maximum Gasteiger partial charge on any atom is 0.323 e. The third-order valence-corrected chi connectivity index (χ3v) is 9.87. The first-order chi connectivity index (χ1) is 25.3. The predicted octanol–water partition coefficient (Wildman–Crippen LogP) is 2.44. The van der Waals surface area contributed by atoms with Crippen molar-refractivity contribution < 1.29 is 29.1 Å². The van der Waals surface area contributed by atoms with Crippen LogP contribution in [-0.2, 0) is 30.4 Å². The third-order valence-electron chi connectivity index (χ3n) is 9.87. The van der Waals surface area contributed by atoms with Gasteiger partial charge in [0.25, 0.3) is 0 Å². The number of hydrogen-bond acceptors (Lipinski definition) is 8. The number of carbonyl (C=O) groups excluding carboxylic acids is 4. The van der Waals surface area contributed by atoms with Gasteiger partial charge in [-0.05, 0) is 74.5 Å². The molecule has 0 saturated carbocycles. The molecule has 53 heavy (non-hydrogen) atoms. The first kappa shape index (κ1) is 43.1. The number of unbranched alkanes of at least 4 members (excludes halogenated alkanes) is 2. The van der Waals surface area contributed by atoms with E-state index in [0.717, 1.165) is 24.0 Å². The van der Waals surface area contributed by atoms with Crippen molar-refractivity contribution in [1.82, 2.24) is 26.2 Å². The lowest BCUT2D eigenvalue weighted by Gasteiger charge is -2.38. The second kappa shape index (κ2) is 22.0. The molecule has 2 aromatic rings. The fourth-order valence-corrected chi connectivity index (χ4v) is 6.51. The molecule has 4 atom stereocenters.